The molecule has 1 aromatic carbocycles. The van der Waals surface area contributed by atoms with Crippen LogP contribution in [0.4, 0.5) is 0 Å². The average molecular weight is 394 g/mol. The Kier molecular flexibility index (Phi) is 5.39. The molecule has 0 N–H and O–H groups in total. The molecule has 0 aliphatic carbocycles. The first-order chi connectivity index (χ1) is 13.7. The molecule has 4 rings (SSSR count). The average Bonchev–Trinajstić information content (AvgIpc) is 3.36. The molecule has 0 saturated carbocycles. The second-order valence-electron chi connectivity index (χ2n) is 6.81. The Morgan fingerprint density at radius 3 is 2.79 bits per heavy atom. The monoisotopic (exact) mass is 393 g/mol. The number of benzene rings is 1. The second kappa shape index (κ2) is 8.10. The number of carbonyl (C=O) groups excluding carboxylic acids is 1. The summed E-state index contributed by atoms with van der Waals surface area (Å²) >= 11 is 1.43. The SMILES string of the molecule is CCOc1ccc(C2CCCN2C(=O)c2sc(-c3ccccn3)nc2C)cc1. The highest BCUT2D eigenvalue weighted by molar-refractivity contribution is 7.17. The number of hydrogen-bond donors (Lipinski definition) is 0. The lowest BCUT2D eigenvalue weighted by Gasteiger charge is -2.25. The number of aryl methyl sites for hydroxylation is 1. The molecule has 6 heteroatoms. The highest BCUT2D eigenvalue weighted by Gasteiger charge is 2.32. The van der Waals surface area contributed by atoms with E-state index in [4.69, 9.17) is 4.74 Å². The van der Waals surface area contributed by atoms with Gasteiger partial charge in [0.2, 0.25) is 0 Å². The van der Waals surface area contributed by atoms with E-state index in [2.05, 4.69) is 22.1 Å². The van der Waals surface area contributed by atoms with Gasteiger partial charge in [-0.3, -0.25) is 9.78 Å². The van der Waals surface area contributed by atoms with Crippen LogP contribution in [0.1, 0.15) is 46.7 Å². The molecule has 0 bridgehead atoms. The summed E-state index contributed by atoms with van der Waals surface area (Å²) in [6.07, 6.45) is 3.73. The molecule has 1 aliphatic heterocycles. The van der Waals surface area contributed by atoms with E-state index in [0.717, 1.165) is 47.1 Å². The third-order valence-corrected chi connectivity index (χ3v) is 6.13. The van der Waals surface area contributed by atoms with Crippen molar-refractivity contribution in [2.45, 2.75) is 32.7 Å². The van der Waals surface area contributed by atoms with Crippen LogP contribution in [0.25, 0.3) is 10.7 Å². The zero-order valence-corrected chi connectivity index (χ0v) is 16.9. The highest BCUT2D eigenvalue weighted by Crippen LogP contribution is 2.36. The number of thiazole rings is 1. The number of ether oxygens (including phenoxy) is 1. The summed E-state index contributed by atoms with van der Waals surface area (Å²) in [4.78, 5) is 25.0. The number of pyridine rings is 1. The van der Waals surface area contributed by atoms with Gasteiger partial charge in [0.1, 0.15) is 15.6 Å². The maximum atomic E-state index is 13.3. The Morgan fingerprint density at radius 2 is 2.07 bits per heavy atom. The van der Waals surface area contributed by atoms with E-state index < -0.39 is 0 Å². The Hall–Kier alpha value is -2.73. The molecule has 1 fully saturated rings. The Morgan fingerprint density at radius 1 is 1.25 bits per heavy atom. The van der Waals surface area contributed by atoms with Crippen LogP contribution < -0.4 is 4.74 Å². The van der Waals surface area contributed by atoms with E-state index in [1.54, 1.807) is 6.20 Å². The predicted octanol–water partition coefficient (Wildman–Crippen LogP) is 4.89. The molecule has 1 atom stereocenters. The van der Waals surface area contributed by atoms with Crippen molar-refractivity contribution < 1.29 is 9.53 Å². The summed E-state index contributed by atoms with van der Waals surface area (Å²) in [6, 6.07) is 13.9. The number of aromatic nitrogens is 2. The van der Waals surface area contributed by atoms with Crippen molar-refractivity contribution in [2.75, 3.05) is 13.2 Å². The minimum absolute atomic E-state index is 0.0635. The van der Waals surface area contributed by atoms with Gasteiger partial charge in [-0.15, -0.1) is 11.3 Å². The normalized spacial score (nSPS) is 16.4. The number of nitrogens with zero attached hydrogens (tertiary/aromatic N) is 3. The number of hydrogen-bond acceptors (Lipinski definition) is 5. The molecular formula is C22H23N3O2S. The zero-order valence-electron chi connectivity index (χ0n) is 16.1. The quantitative estimate of drug-likeness (QED) is 0.619. The van der Waals surface area contributed by atoms with E-state index in [-0.39, 0.29) is 11.9 Å². The van der Waals surface area contributed by atoms with E-state index in [1.807, 2.05) is 49.1 Å². The summed E-state index contributed by atoms with van der Waals surface area (Å²) in [5.41, 5.74) is 2.73. The first-order valence-electron chi connectivity index (χ1n) is 9.60. The standard InChI is InChI=1S/C22H23N3O2S/c1-3-27-17-11-9-16(10-12-17)19-8-6-14-25(19)22(26)20-15(2)24-21(28-20)18-7-4-5-13-23-18/h4-5,7,9-13,19H,3,6,8,14H2,1-2H3. The summed E-state index contributed by atoms with van der Waals surface area (Å²) in [6.45, 7) is 5.30. The predicted molar refractivity (Wildman–Crippen MR) is 111 cm³/mol. The van der Waals surface area contributed by atoms with Gasteiger partial charge in [-0.1, -0.05) is 18.2 Å². The minimum atomic E-state index is 0.0635. The van der Waals surface area contributed by atoms with Gasteiger partial charge < -0.3 is 9.64 Å². The molecule has 1 aliphatic rings. The van der Waals surface area contributed by atoms with Crippen molar-refractivity contribution >= 4 is 17.2 Å². The van der Waals surface area contributed by atoms with Crippen LogP contribution in [0.2, 0.25) is 0 Å². The van der Waals surface area contributed by atoms with Gasteiger partial charge in [0.15, 0.2) is 0 Å². The van der Waals surface area contributed by atoms with Crippen LogP contribution >= 0.6 is 11.3 Å². The first kappa shape index (κ1) is 18.6. The summed E-state index contributed by atoms with van der Waals surface area (Å²) in [5, 5.41) is 0.790. The minimum Gasteiger partial charge on any atom is -0.494 e. The lowest BCUT2D eigenvalue weighted by atomic mass is 10.0. The van der Waals surface area contributed by atoms with Gasteiger partial charge in [0, 0.05) is 12.7 Å². The van der Waals surface area contributed by atoms with Crippen molar-refractivity contribution in [1.29, 1.82) is 0 Å². The third-order valence-electron chi connectivity index (χ3n) is 4.96. The van der Waals surface area contributed by atoms with E-state index >= 15 is 0 Å². The van der Waals surface area contributed by atoms with Crippen molar-refractivity contribution in [3.8, 4) is 16.5 Å². The molecule has 1 amide bonds. The van der Waals surface area contributed by atoms with Gasteiger partial charge in [-0.25, -0.2) is 4.98 Å². The largest absolute Gasteiger partial charge is 0.494 e. The molecule has 2 aromatic heterocycles. The summed E-state index contributed by atoms with van der Waals surface area (Å²) in [7, 11) is 0. The lowest BCUT2D eigenvalue weighted by Crippen LogP contribution is -2.30. The van der Waals surface area contributed by atoms with Crippen molar-refractivity contribution in [1.82, 2.24) is 14.9 Å². The zero-order chi connectivity index (χ0) is 19.5. The smallest absolute Gasteiger partial charge is 0.266 e. The number of carbonyl (C=O) groups is 1. The van der Waals surface area contributed by atoms with Gasteiger partial charge in [0.25, 0.3) is 5.91 Å². The Bertz CT molecular complexity index is 954. The van der Waals surface area contributed by atoms with Crippen LogP contribution in [-0.2, 0) is 0 Å². The van der Waals surface area contributed by atoms with Crippen molar-refractivity contribution in [3.05, 3.63) is 64.8 Å². The molecule has 3 heterocycles. The van der Waals surface area contributed by atoms with Crippen molar-refractivity contribution in [2.24, 2.45) is 0 Å². The molecular weight excluding hydrogens is 370 g/mol. The molecule has 28 heavy (non-hydrogen) atoms. The van der Waals surface area contributed by atoms with Crippen LogP contribution in [0.5, 0.6) is 5.75 Å². The number of amides is 1. The second-order valence-corrected chi connectivity index (χ2v) is 7.81. The molecule has 1 unspecified atom stereocenters. The first-order valence-corrected chi connectivity index (χ1v) is 10.4. The van der Waals surface area contributed by atoms with Gasteiger partial charge >= 0.3 is 0 Å². The third kappa shape index (κ3) is 3.64. The van der Waals surface area contributed by atoms with Crippen LogP contribution in [-0.4, -0.2) is 33.9 Å². The lowest BCUT2D eigenvalue weighted by molar-refractivity contribution is 0.0739. The highest BCUT2D eigenvalue weighted by atomic mass is 32.1. The van der Waals surface area contributed by atoms with Gasteiger partial charge in [-0.05, 0) is 56.5 Å². The molecule has 5 nitrogen and oxygen atoms in total. The molecule has 3 aromatic rings. The van der Waals surface area contributed by atoms with Gasteiger partial charge in [0.05, 0.1) is 24.0 Å². The fraction of sp³-hybridized carbons (Fsp3) is 0.318. The summed E-state index contributed by atoms with van der Waals surface area (Å²) < 4.78 is 5.53. The molecule has 0 radical (unpaired) electrons. The van der Waals surface area contributed by atoms with Crippen LogP contribution in [0.3, 0.4) is 0 Å². The number of rotatable bonds is 5. The van der Waals surface area contributed by atoms with Crippen LogP contribution in [0.15, 0.2) is 48.7 Å². The molecule has 0 spiro atoms. The maximum Gasteiger partial charge on any atom is 0.266 e. The Labute approximate surface area is 169 Å². The van der Waals surface area contributed by atoms with Crippen molar-refractivity contribution in [3.63, 3.8) is 0 Å². The fourth-order valence-corrected chi connectivity index (χ4v) is 4.63. The fourth-order valence-electron chi connectivity index (χ4n) is 3.63. The molecule has 144 valence electrons. The maximum absolute atomic E-state index is 13.3. The topological polar surface area (TPSA) is 55.3 Å². The molecule has 1 saturated heterocycles. The van der Waals surface area contributed by atoms with E-state index in [1.165, 1.54) is 11.3 Å². The Balaban J connectivity index is 1.58. The van der Waals surface area contributed by atoms with Crippen LogP contribution in [0, 0.1) is 6.92 Å². The van der Waals surface area contributed by atoms with E-state index in [0.29, 0.717) is 11.5 Å². The summed E-state index contributed by atoms with van der Waals surface area (Å²) in [5.74, 6) is 0.925. The van der Waals surface area contributed by atoms with Gasteiger partial charge in [-0.2, -0.15) is 0 Å². The van der Waals surface area contributed by atoms with E-state index in [9.17, 15) is 4.79 Å². The number of likely N-dealkylation sites (tertiary alicyclic amines) is 1.